The van der Waals surface area contributed by atoms with Gasteiger partial charge in [0.1, 0.15) is 11.7 Å². The van der Waals surface area contributed by atoms with E-state index in [0.717, 1.165) is 36.2 Å². The minimum Gasteiger partial charge on any atom is -0.325 e. The van der Waals surface area contributed by atoms with Gasteiger partial charge in [-0.1, -0.05) is 66.7 Å². The van der Waals surface area contributed by atoms with Gasteiger partial charge in [0.15, 0.2) is 5.78 Å². The Balaban J connectivity index is 1.06. The molecular formula is C37H35N5O4. The number of benzene rings is 3. The third kappa shape index (κ3) is 7.11. The van der Waals surface area contributed by atoms with Gasteiger partial charge in [-0.25, -0.2) is 0 Å². The fourth-order valence-corrected chi connectivity index (χ4v) is 5.83. The van der Waals surface area contributed by atoms with Crippen LogP contribution in [-0.2, 0) is 9.59 Å². The molecule has 6 rings (SSSR count). The van der Waals surface area contributed by atoms with Crippen LogP contribution in [0.5, 0.6) is 0 Å². The molecule has 0 saturated carbocycles. The molecular weight excluding hydrogens is 578 g/mol. The fraction of sp³-hybridized carbons (Fsp3) is 0.216. The van der Waals surface area contributed by atoms with Crippen LogP contribution in [0.15, 0.2) is 97.2 Å². The zero-order chi connectivity index (χ0) is 31.9. The number of hydrogen-bond donors (Lipinski definition) is 3. The maximum Gasteiger partial charge on any atom is 0.273 e. The Kier molecular flexibility index (Phi) is 9.40. The molecule has 46 heavy (non-hydrogen) atoms. The van der Waals surface area contributed by atoms with Crippen molar-refractivity contribution in [3.63, 3.8) is 0 Å². The number of carbonyl (C=O) groups is 4. The monoisotopic (exact) mass is 613 g/mol. The number of rotatable bonds is 9. The van der Waals surface area contributed by atoms with Crippen molar-refractivity contribution in [2.45, 2.75) is 37.8 Å². The van der Waals surface area contributed by atoms with Crippen molar-refractivity contribution in [3.05, 3.63) is 125 Å². The first-order valence-corrected chi connectivity index (χ1v) is 15.6. The average molecular weight is 614 g/mol. The number of aromatic nitrogens is 1. The van der Waals surface area contributed by atoms with Gasteiger partial charge in [0.05, 0.1) is 11.6 Å². The Morgan fingerprint density at radius 3 is 2.02 bits per heavy atom. The highest BCUT2D eigenvalue weighted by molar-refractivity contribution is 6.15. The second kappa shape index (κ2) is 14.1. The summed E-state index contributed by atoms with van der Waals surface area (Å²) in [5, 5.41) is 9.10. The summed E-state index contributed by atoms with van der Waals surface area (Å²) in [7, 11) is 0. The summed E-state index contributed by atoms with van der Waals surface area (Å²) >= 11 is 0. The molecule has 1 aromatic heterocycles. The Hall–Kier alpha value is -5.41. The molecule has 232 valence electrons. The number of nitrogens with zero attached hydrogens (tertiary/aromatic N) is 2. The zero-order valence-electron chi connectivity index (χ0n) is 25.3. The third-order valence-corrected chi connectivity index (χ3v) is 8.31. The lowest BCUT2D eigenvalue weighted by molar-refractivity contribution is -0.120. The molecule has 0 bridgehead atoms. The number of hydrogen-bond acceptors (Lipinski definition) is 6. The van der Waals surface area contributed by atoms with Gasteiger partial charge in [-0.15, -0.1) is 0 Å². The van der Waals surface area contributed by atoms with Crippen molar-refractivity contribution in [3.8, 4) is 0 Å². The van der Waals surface area contributed by atoms with E-state index in [1.54, 1.807) is 36.4 Å². The molecule has 2 aliphatic heterocycles. The first-order chi connectivity index (χ1) is 22.5. The molecule has 3 aromatic carbocycles. The molecule has 3 heterocycles. The van der Waals surface area contributed by atoms with E-state index in [2.05, 4.69) is 20.9 Å². The molecule has 2 aliphatic rings. The Morgan fingerprint density at radius 1 is 0.739 bits per heavy atom. The summed E-state index contributed by atoms with van der Waals surface area (Å²) < 4.78 is 0. The van der Waals surface area contributed by atoms with Crippen LogP contribution >= 0.6 is 0 Å². The van der Waals surface area contributed by atoms with Crippen molar-refractivity contribution in [2.75, 3.05) is 23.7 Å². The van der Waals surface area contributed by atoms with Crippen LogP contribution in [0.25, 0.3) is 12.2 Å². The van der Waals surface area contributed by atoms with Crippen LogP contribution < -0.4 is 16.0 Å². The summed E-state index contributed by atoms with van der Waals surface area (Å²) in [6, 6.07) is 26.3. The van der Waals surface area contributed by atoms with Gasteiger partial charge in [0.2, 0.25) is 11.8 Å². The van der Waals surface area contributed by atoms with Gasteiger partial charge in [0.25, 0.3) is 5.91 Å². The van der Waals surface area contributed by atoms with Crippen molar-refractivity contribution in [1.29, 1.82) is 0 Å². The predicted octanol–water partition coefficient (Wildman–Crippen LogP) is 5.42. The van der Waals surface area contributed by atoms with E-state index in [1.807, 2.05) is 66.7 Å². The molecule has 3 amide bonds. The number of amides is 3. The van der Waals surface area contributed by atoms with Gasteiger partial charge < -0.3 is 20.9 Å². The molecule has 0 spiro atoms. The maximum absolute atomic E-state index is 13.6. The van der Waals surface area contributed by atoms with Crippen LogP contribution in [0, 0.1) is 0 Å². The van der Waals surface area contributed by atoms with Gasteiger partial charge in [-0.05, 0) is 79.8 Å². The fourth-order valence-electron chi connectivity index (χ4n) is 5.83. The molecule has 4 aromatic rings. The second-order valence-electron chi connectivity index (χ2n) is 11.5. The number of ketones is 1. The van der Waals surface area contributed by atoms with E-state index in [9.17, 15) is 19.2 Å². The van der Waals surface area contributed by atoms with Crippen LogP contribution in [0.4, 0.5) is 11.4 Å². The standard InChI is InChI=1S/C37H35N5O4/c43-34(27-7-2-1-3-8-27)30-9-4-23-39-33(30)37(46)42-24-6-11-32(42)36(45)41-29-20-16-26(17-21-29)13-12-25-14-18-28(19-15-25)40-35(44)31-10-5-22-38-31/h1-4,7-9,12-21,23,31-32,38H,5-6,10-11,22,24H2,(H,40,44)(H,41,45)/b13-12+/t31-,32-/m0/s1. The highest BCUT2D eigenvalue weighted by atomic mass is 16.2. The van der Waals surface area contributed by atoms with Crippen LogP contribution in [0.2, 0.25) is 0 Å². The number of carbonyl (C=O) groups excluding carboxylic acids is 4. The Labute approximate surface area is 267 Å². The van der Waals surface area contributed by atoms with E-state index in [4.69, 9.17) is 0 Å². The number of nitrogens with one attached hydrogen (secondary N) is 3. The van der Waals surface area contributed by atoms with E-state index >= 15 is 0 Å². The third-order valence-electron chi connectivity index (χ3n) is 8.31. The smallest absolute Gasteiger partial charge is 0.273 e. The summed E-state index contributed by atoms with van der Waals surface area (Å²) in [4.78, 5) is 58.2. The van der Waals surface area contributed by atoms with Gasteiger partial charge in [-0.3, -0.25) is 24.2 Å². The maximum atomic E-state index is 13.6. The zero-order valence-corrected chi connectivity index (χ0v) is 25.3. The van der Waals surface area contributed by atoms with Gasteiger partial charge >= 0.3 is 0 Å². The lowest BCUT2D eigenvalue weighted by Gasteiger charge is -2.24. The topological polar surface area (TPSA) is 120 Å². The minimum absolute atomic E-state index is 0.00197. The first kappa shape index (κ1) is 30.6. The summed E-state index contributed by atoms with van der Waals surface area (Å²) in [6.45, 7) is 1.28. The largest absolute Gasteiger partial charge is 0.325 e. The summed E-state index contributed by atoms with van der Waals surface area (Å²) in [5.41, 5.74) is 4.05. The molecule has 0 radical (unpaired) electrons. The minimum atomic E-state index is -0.670. The lowest BCUT2D eigenvalue weighted by Crippen LogP contribution is -2.43. The number of anilines is 2. The molecule has 2 atom stereocenters. The molecule has 9 nitrogen and oxygen atoms in total. The van der Waals surface area contributed by atoms with E-state index in [0.29, 0.717) is 30.6 Å². The van der Waals surface area contributed by atoms with Gasteiger partial charge in [-0.2, -0.15) is 0 Å². The summed E-state index contributed by atoms with van der Waals surface area (Å²) in [5.74, 6) is -1.00. The van der Waals surface area contributed by atoms with Crippen molar-refractivity contribution >= 4 is 47.0 Å². The van der Waals surface area contributed by atoms with E-state index in [-0.39, 0.29) is 34.9 Å². The molecule has 2 fully saturated rings. The average Bonchev–Trinajstić information content (AvgIpc) is 3.82. The Morgan fingerprint density at radius 2 is 1.39 bits per heavy atom. The lowest BCUT2D eigenvalue weighted by atomic mass is 10.0. The molecule has 9 heteroatoms. The van der Waals surface area contributed by atoms with Crippen LogP contribution in [0.3, 0.4) is 0 Å². The molecule has 2 saturated heterocycles. The van der Waals surface area contributed by atoms with E-state index in [1.165, 1.54) is 11.1 Å². The highest BCUT2D eigenvalue weighted by Gasteiger charge is 2.36. The van der Waals surface area contributed by atoms with Crippen LogP contribution in [-0.4, -0.2) is 58.6 Å². The van der Waals surface area contributed by atoms with Crippen molar-refractivity contribution < 1.29 is 19.2 Å². The quantitative estimate of drug-likeness (QED) is 0.171. The molecule has 0 aliphatic carbocycles. The second-order valence-corrected chi connectivity index (χ2v) is 11.5. The highest BCUT2D eigenvalue weighted by Crippen LogP contribution is 2.24. The summed E-state index contributed by atoms with van der Waals surface area (Å²) in [6.07, 6.45) is 8.51. The number of pyridine rings is 1. The van der Waals surface area contributed by atoms with Crippen molar-refractivity contribution in [2.24, 2.45) is 0 Å². The van der Waals surface area contributed by atoms with Gasteiger partial charge in [0, 0.05) is 29.7 Å². The predicted molar refractivity (Wildman–Crippen MR) is 178 cm³/mol. The van der Waals surface area contributed by atoms with Crippen LogP contribution in [0.1, 0.15) is 63.2 Å². The molecule has 3 N–H and O–H groups in total. The Bertz CT molecular complexity index is 1750. The number of likely N-dealkylation sites (tertiary alicyclic amines) is 1. The normalized spacial score (nSPS) is 17.6. The molecule has 0 unspecified atom stereocenters. The first-order valence-electron chi connectivity index (χ1n) is 15.6. The van der Waals surface area contributed by atoms with Crippen molar-refractivity contribution in [1.82, 2.24) is 15.2 Å². The SMILES string of the molecule is O=C(c1ccccc1)c1cccnc1C(=O)N1CCC[C@H]1C(=O)Nc1ccc(/C=C/c2ccc(NC(=O)[C@@H]3CCCN3)cc2)cc1. The van der Waals surface area contributed by atoms with E-state index < -0.39 is 11.9 Å².